The van der Waals surface area contributed by atoms with Crippen LogP contribution in [0.3, 0.4) is 0 Å². The van der Waals surface area contributed by atoms with E-state index in [0.29, 0.717) is 12.8 Å². The molecule has 0 aromatic heterocycles. The molecule has 2 aromatic carbocycles. The van der Waals surface area contributed by atoms with Gasteiger partial charge in [-0.2, -0.15) is 5.26 Å². The lowest BCUT2D eigenvalue weighted by molar-refractivity contribution is 0.0501. The van der Waals surface area contributed by atoms with Gasteiger partial charge in [-0.05, 0) is 30.2 Å². The number of ether oxygens (including phenoxy) is 1. The maximum Gasteiger partial charge on any atom is 0.338 e. The Morgan fingerprint density at radius 2 is 1.88 bits per heavy atom. The van der Waals surface area contributed by atoms with E-state index in [1.165, 1.54) is 24.3 Å². The van der Waals surface area contributed by atoms with Crippen molar-refractivity contribution in [2.24, 2.45) is 0 Å². The van der Waals surface area contributed by atoms with Gasteiger partial charge < -0.3 is 4.74 Å². The van der Waals surface area contributed by atoms with E-state index in [0.717, 1.165) is 5.56 Å². The highest BCUT2D eigenvalue weighted by molar-refractivity contribution is 7.89. The Labute approximate surface area is 147 Å². The highest BCUT2D eigenvalue weighted by Crippen LogP contribution is 2.13. The van der Waals surface area contributed by atoms with Gasteiger partial charge in [0.25, 0.3) is 0 Å². The van der Waals surface area contributed by atoms with Gasteiger partial charge in [0, 0.05) is 13.0 Å². The summed E-state index contributed by atoms with van der Waals surface area (Å²) < 4.78 is 32.3. The van der Waals surface area contributed by atoms with Crippen molar-refractivity contribution < 1.29 is 17.9 Å². The summed E-state index contributed by atoms with van der Waals surface area (Å²) in [6.07, 6.45) is 0.740. The number of hydrogen-bond donors (Lipinski definition) is 1. The summed E-state index contributed by atoms with van der Waals surface area (Å²) in [5, 5.41) is 8.44. The number of nitriles is 1. The van der Waals surface area contributed by atoms with Crippen LogP contribution in [-0.2, 0) is 21.3 Å². The van der Waals surface area contributed by atoms with Crippen LogP contribution in [0.15, 0.2) is 59.5 Å². The minimum atomic E-state index is -3.74. The summed E-state index contributed by atoms with van der Waals surface area (Å²) >= 11 is 0. The van der Waals surface area contributed by atoms with Crippen LogP contribution in [0.4, 0.5) is 0 Å². The molecule has 130 valence electrons. The van der Waals surface area contributed by atoms with Crippen LogP contribution in [-0.4, -0.2) is 21.0 Å². The number of sulfonamides is 1. The van der Waals surface area contributed by atoms with E-state index in [1.807, 2.05) is 36.4 Å². The minimum absolute atomic E-state index is 0.00472. The summed E-state index contributed by atoms with van der Waals surface area (Å²) in [6, 6.07) is 16.8. The fourth-order valence-corrected chi connectivity index (χ4v) is 3.11. The van der Waals surface area contributed by atoms with Gasteiger partial charge in [0.1, 0.15) is 0 Å². The first-order valence-corrected chi connectivity index (χ1v) is 9.19. The number of rotatable bonds is 8. The highest BCUT2D eigenvalue weighted by Gasteiger charge is 2.16. The van der Waals surface area contributed by atoms with Crippen LogP contribution in [0.1, 0.15) is 28.8 Å². The molecule has 0 unspecified atom stereocenters. The van der Waals surface area contributed by atoms with Crippen LogP contribution in [0, 0.1) is 11.3 Å². The van der Waals surface area contributed by atoms with Gasteiger partial charge in [-0.25, -0.2) is 17.9 Å². The standard InChI is InChI=1S/C18H18N2O4S/c19-11-4-5-12-24-18(21)16-9-6-10-17(13-16)25(22,23)20-14-15-7-2-1-3-8-15/h1-3,6-10,13,20H,4-5,12,14H2. The molecule has 2 rings (SSSR count). The molecule has 7 heteroatoms. The topological polar surface area (TPSA) is 96.3 Å². The maximum absolute atomic E-state index is 12.4. The van der Waals surface area contributed by atoms with Crippen molar-refractivity contribution in [3.8, 4) is 6.07 Å². The average Bonchev–Trinajstić information content (AvgIpc) is 2.64. The van der Waals surface area contributed by atoms with Gasteiger partial charge in [-0.1, -0.05) is 36.4 Å². The predicted molar refractivity (Wildman–Crippen MR) is 92.0 cm³/mol. The van der Waals surface area contributed by atoms with Crippen molar-refractivity contribution in [3.63, 3.8) is 0 Å². The molecular weight excluding hydrogens is 340 g/mol. The molecular formula is C18H18N2O4S. The molecule has 0 heterocycles. The normalized spacial score (nSPS) is 10.8. The van der Waals surface area contributed by atoms with Crippen molar-refractivity contribution in [3.05, 3.63) is 65.7 Å². The zero-order valence-electron chi connectivity index (χ0n) is 13.5. The number of carbonyl (C=O) groups is 1. The first-order valence-electron chi connectivity index (χ1n) is 7.70. The Hall–Kier alpha value is -2.69. The average molecular weight is 358 g/mol. The first kappa shape index (κ1) is 18.6. The van der Waals surface area contributed by atoms with Crippen LogP contribution < -0.4 is 4.72 Å². The van der Waals surface area contributed by atoms with Gasteiger partial charge in [-0.3, -0.25) is 0 Å². The van der Waals surface area contributed by atoms with Crippen molar-refractivity contribution in [1.82, 2.24) is 4.72 Å². The molecule has 0 aliphatic carbocycles. The molecule has 0 spiro atoms. The van der Waals surface area contributed by atoms with Crippen molar-refractivity contribution in [1.29, 1.82) is 5.26 Å². The van der Waals surface area contributed by atoms with E-state index in [1.54, 1.807) is 0 Å². The zero-order chi connectivity index (χ0) is 18.1. The number of benzene rings is 2. The molecule has 0 fully saturated rings. The summed E-state index contributed by atoms with van der Waals surface area (Å²) in [6.45, 7) is 0.279. The van der Waals surface area contributed by atoms with Gasteiger partial charge in [0.15, 0.2) is 0 Å². The van der Waals surface area contributed by atoms with E-state index >= 15 is 0 Å². The van der Waals surface area contributed by atoms with Gasteiger partial charge in [0.2, 0.25) is 10.0 Å². The number of carbonyl (C=O) groups excluding carboxylic acids is 1. The zero-order valence-corrected chi connectivity index (χ0v) is 14.3. The molecule has 0 amide bonds. The summed E-state index contributed by atoms with van der Waals surface area (Å²) in [4.78, 5) is 11.9. The molecule has 2 aromatic rings. The molecule has 0 aliphatic heterocycles. The predicted octanol–water partition coefficient (Wildman–Crippen LogP) is 2.63. The SMILES string of the molecule is N#CCCCOC(=O)c1cccc(S(=O)(=O)NCc2ccccc2)c1. The quantitative estimate of drug-likeness (QED) is 0.578. The molecule has 0 saturated carbocycles. The van der Waals surface area contributed by atoms with Crippen molar-refractivity contribution in [2.75, 3.05) is 6.61 Å². The second kappa shape index (κ2) is 8.97. The number of hydrogen-bond acceptors (Lipinski definition) is 5. The minimum Gasteiger partial charge on any atom is -0.462 e. The smallest absolute Gasteiger partial charge is 0.338 e. The third kappa shape index (κ3) is 5.71. The van der Waals surface area contributed by atoms with Gasteiger partial charge in [0.05, 0.1) is 23.1 Å². The van der Waals surface area contributed by atoms with E-state index in [4.69, 9.17) is 10.00 Å². The Morgan fingerprint density at radius 1 is 1.12 bits per heavy atom. The third-order valence-corrected chi connectivity index (χ3v) is 4.75. The van der Waals surface area contributed by atoms with Crippen LogP contribution in [0.25, 0.3) is 0 Å². The molecule has 25 heavy (non-hydrogen) atoms. The number of nitrogens with one attached hydrogen (secondary N) is 1. The van der Waals surface area contributed by atoms with Gasteiger partial charge >= 0.3 is 5.97 Å². The van der Waals surface area contributed by atoms with Gasteiger partial charge in [-0.15, -0.1) is 0 Å². The fourth-order valence-electron chi connectivity index (χ4n) is 2.05. The molecule has 0 radical (unpaired) electrons. The van der Waals surface area contributed by atoms with Crippen molar-refractivity contribution in [2.45, 2.75) is 24.3 Å². The van der Waals surface area contributed by atoms with Crippen molar-refractivity contribution >= 4 is 16.0 Å². The largest absolute Gasteiger partial charge is 0.462 e. The fraction of sp³-hybridized carbons (Fsp3) is 0.222. The Bertz CT molecular complexity index is 858. The van der Waals surface area contributed by atoms with E-state index in [2.05, 4.69) is 4.72 Å². The number of nitrogens with zero attached hydrogens (tertiary/aromatic N) is 1. The third-order valence-electron chi connectivity index (χ3n) is 3.36. The molecule has 1 N–H and O–H groups in total. The summed E-state index contributed by atoms with van der Waals surface area (Å²) in [7, 11) is -3.74. The Kier molecular flexibility index (Phi) is 6.69. The Morgan fingerprint density at radius 3 is 2.60 bits per heavy atom. The molecule has 0 atom stereocenters. The molecule has 0 saturated heterocycles. The number of unbranched alkanes of at least 4 members (excludes halogenated alkanes) is 1. The van der Waals surface area contributed by atoms with E-state index in [-0.39, 0.29) is 23.6 Å². The van der Waals surface area contributed by atoms with Crippen LogP contribution in [0.2, 0.25) is 0 Å². The van der Waals surface area contributed by atoms with E-state index in [9.17, 15) is 13.2 Å². The van der Waals surface area contributed by atoms with E-state index < -0.39 is 16.0 Å². The summed E-state index contributed by atoms with van der Waals surface area (Å²) in [5.74, 6) is -0.613. The molecule has 0 aliphatic rings. The van der Waals surface area contributed by atoms with Crippen LogP contribution >= 0.6 is 0 Å². The lowest BCUT2D eigenvalue weighted by Gasteiger charge is -2.09. The molecule has 6 nitrogen and oxygen atoms in total. The second-order valence-electron chi connectivity index (χ2n) is 5.24. The molecule has 0 bridgehead atoms. The first-order chi connectivity index (χ1) is 12.0. The van der Waals surface area contributed by atoms with Crippen LogP contribution in [0.5, 0.6) is 0 Å². The Balaban J connectivity index is 2.03. The highest BCUT2D eigenvalue weighted by atomic mass is 32.2. The lowest BCUT2D eigenvalue weighted by Crippen LogP contribution is -2.23. The monoisotopic (exact) mass is 358 g/mol. The summed E-state index contributed by atoms with van der Waals surface area (Å²) in [5.41, 5.74) is 0.985. The second-order valence-corrected chi connectivity index (χ2v) is 7.00. The number of esters is 1. The lowest BCUT2D eigenvalue weighted by atomic mass is 10.2. The maximum atomic E-state index is 12.4.